The number of pyridine rings is 1. The largest absolute Gasteiger partial charge is 0.287 e. The summed E-state index contributed by atoms with van der Waals surface area (Å²) < 4.78 is 0. The minimum atomic E-state index is -0.479. The van der Waals surface area contributed by atoms with Crippen molar-refractivity contribution in [2.45, 2.75) is 6.92 Å². The summed E-state index contributed by atoms with van der Waals surface area (Å²) in [4.78, 5) is 14.2. The van der Waals surface area contributed by atoms with Crippen LogP contribution in [-0.4, -0.2) is 9.91 Å². The highest BCUT2D eigenvalue weighted by atomic mass is 35.5. The van der Waals surface area contributed by atoms with E-state index in [2.05, 4.69) is 4.98 Å². The molecule has 2 aromatic rings. The Bertz CT molecular complexity index is 629. The van der Waals surface area contributed by atoms with E-state index >= 15 is 0 Å². The van der Waals surface area contributed by atoms with E-state index < -0.39 is 4.92 Å². The number of nitro groups is 1. The average Bonchev–Trinajstić information content (AvgIpc) is 2.30. The van der Waals surface area contributed by atoms with E-state index in [9.17, 15) is 10.1 Å². The van der Waals surface area contributed by atoms with Gasteiger partial charge in [0, 0.05) is 16.7 Å². The first-order valence-corrected chi connectivity index (χ1v) is 5.81. The van der Waals surface area contributed by atoms with Crippen LogP contribution in [0.5, 0.6) is 0 Å². The fraction of sp³-hybridized carbons (Fsp3) is 0.0833. The average molecular weight is 283 g/mol. The lowest BCUT2D eigenvalue weighted by atomic mass is 10.1. The third-order valence-corrected chi connectivity index (χ3v) is 3.01. The van der Waals surface area contributed by atoms with Gasteiger partial charge in [-0.2, -0.15) is 0 Å². The molecule has 0 aliphatic rings. The van der Waals surface area contributed by atoms with Crippen LogP contribution in [0.3, 0.4) is 0 Å². The third-order valence-electron chi connectivity index (χ3n) is 2.46. The van der Waals surface area contributed by atoms with Crippen molar-refractivity contribution in [3.63, 3.8) is 0 Å². The Kier molecular flexibility index (Phi) is 3.50. The lowest BCUT2D eigenvalue weighted by Gasteiger charge is -2.07. The van der Waals surface area contributed by atoms with Gasteiger partial charge in [0.2, 0.25) is 0 Å². The summed E-state index contributed by atoms with van der Waals surface area (Å²) in [6.45, 7) is 1.75. The molecule has 6 heteroatoms. The van der Waals surface area contributed by atoms with Gasteiger partial charge in [-0.15, -0.1) is 0 Å². The molecule has 2 rings (SSSR count). The summed E-state index contributed by atoms with van der Waals surface area (Å²) in [5.41, 5.74) is 1.96. The number of aromatic nitrogens is 1. The van der Waals surface area contributed by atoms with Gasteiger partial charge >= 0.3 is 0 Å². The number of aryl methyl sites for hydroxylation is 1. The first-order chi connectivity index (χ1) is 8.49. The SMILES string of the molecule is Cc1cc([N+](=O)[O-])cnc1-c1ccc(Cl)cc1Cl. The molecule has 0 unspecified atom stereocenters. The van der Waals surface area contributed by atoms with Crippen molar-refractivity contribution in [1.82, 2.24) is 4.98 Å². The van der Waals surface area contributed by atoms with E-state index in [1.54, 1.807) is 25.1 Å². The van der Waals surface area contributed by atoms with Crippen molar-refractivity contribution in [1.29, 1.82) is 0 Å². The van der Waals surface area contributed by atoms with Crippen LogP contribution in [0.4, 0.5) is 5.69 Å². The summed E-state index contributed by atoms with van der Waals surface area (Å²) in [6.07, 6.45) is 1.22. The molecule has 1 aromatic heterocycles. The summed E-state index contributed by atoms with van der Waals surface area (Å²) >= 11 is 11.9. The molecule has 0 saturated heterocycles. The van der Waals surface area contributed by atoms with Crippen molar-refractivity contribution in [2.24, 2.45) is 0 Å². The second-order valence-electron chi connectivity index (χ2n) is 3.74. The Morgan fingerprint density at radius 1 is 1.28 bits per heavy atom. The molecule has 0 fully saturated rings. The number of halogens is 2. The molecule has 0 radical (unpaired) electrons. The lowest BCUT2D eigenvalue weighted by Crippen LogP contribution is -1.94. The highest BCUT2D eigenvalue weighted by Gasteiger charge is 2.13. The Balaban J connectivity index is 2.54. The topological polar surface area (TPSA) is 56.0 Å². The van der Waals surface area contributed by atoms with Crippen LogP contribution < -0.4 is 0 Å². The van der Waals surface area contributed by atoms with Gasteiger partial charge in [0.15, 0.2) is 0 Å². The molecule has 1 heterocycles. The van der Waals surface area contributed by atoms with E-state index in [0.717, 1.165) is 0 Å². The van der Waals surface area contributed by atoms with Crippen molar-refractivity contribution in [2.75, 3.05) is 0 Å². The Labute approximate surface area is 113 Å². The summed E-state index contributed by atoms with van der Waals surface area (Å²) in [5, 5.41) is 11.6. The second-order valence-corrected chi connectivity index (χ2v) is 4.58. The van der Waals surface area contributed by atoms with Crippen LogP contribution in [0, 0.1) is 17.0 Å². The molecule has 0 spiro atoms. The van der Waals surface area contributed by atoms with Crippen molar-refractivity contribution in [3.8, 4) is 11.3 Å². The van der Waals surface area contributed by atoms with E-state index in [-0.39, 0.29) is 5.69 Å². The highest BCUT2D eigenvalue weighted by Crippen LogP contribution is 2.31. The predicted molar refractivity (Wildman–Crippen MR) is 71.1 cm³/mol. The molecule has 1 aromatic carbocycles. The highest BCUT2D eigenvalue weighted by molar-refractivity contribution is 6.36. The first-order valence-electron chi connectivity index (χ1n) is 5.05. The molecule has 18 heavy (non-hydrogen) atoms. The summed E-state index contributed by atoms with van der Waals surface area (Å²) in [6, 6.07) is 6.52. The Morgan fingerprint density at radius 2 is 2.00 bits per heavy atom. The van der Waals surface area contributed by atoms with Gasteiger partial charge in [-0.3, -0.25) is 10.1 Å². The molecule has 0 atom stereocenters. The summed E-state index contributed by atoms with van der Waals surface area (Å²) in [5.74, 6) is 0. The van der Waals surface area contributed by atoms with Gasteiger partial charge < -0.3 is 0 Å². The van der Waals surface area contributed by atoms with E-state index in [1.807, 2.05) is 0 Å². The zero-order chi connectivity index (χ0) is 13.3. The van der Waals surface area contributed by atoms with Gasteiger partial charge in [-0.25, -0.2) is 4.98 Å². The Hall–Kier alpha value is -1.65. The Morgan fingerprint density at radius 3 is 2.56 bits per heavy atom. The number of rotatable bonds is 2. The second kappa shape index (κ2) is 4.92. The van der Waals surface area contributed by atoms with Gasteiger partial charge in [-0.1, -0.05) is 23.2 Å². The third kappa shape index (κ3) is 2.44. The zero-order valence-electron chi connectivity index (χ0n) is 9.35. The maximum atomic E-state index is 10.6. The van der Waals surface area contributed by atoms with Gasteiger partial charge in [0.05, 0.1) is 15.6 Å². The number of nitrogens with zero attached hydrogens (tertiary/aromatic N) is 2. The lowest BCUT2D eigenvalue weighted by molar-refractivity contribution is -0.385. The van der Waals surface area contributed by atoms with Crippen LogP contribution >= 0.6 is 23.2 Å². The fourth-order valence-corrected chi connectivity index (χ4v) is 2.12. The minimum Gasteiger partial charge on any atom is -0.258 e. The molecule has 4 nitrogen and oxygen atoms in total. The van der Waals surface area contributed by atoms with Gasteiger partial charge in [0.1, 0.15) is 6.20 Å². The molecule has 0 bridgehead atoms. The molecular formula is C12H8Cl2N2O2. The van der Waals surface area contributed by atoms with Crippen molar-refractivity contribution in [3.05, 3.63) is 56.2 Å². The molecule has 92 valence electrons. The standard InChI is InChI=1S/C12H8Cl2N2O2/c1-7-4-9(16(17)18)6-15-12(7)10-3-2-8(13)5-11(10)14/h2-6H,1H3. The van der Waals surface area contributed by atoms with Crippen molar-refractivity contribution < 1.29 is 4.92 Å². The van der Waals surface area contributed by atoms with E-state index in [0.29, 0.717) is 26.9 Å². The fourth-order valence-electron chi connectivity index (χ4n) is 1.62. The van der Waals surface area contributed by atoms with Gasteiger partial charge in [-0.05, 0) is 30.7 Å². The molecule has 0 amide bonds. The maximum Gasteiger partial charge on any atom is 0.287 e. The van der Waals surface area contributed by atoms with Crippen LogP contribution in [0.1, 0.15) is 5.56 Å². The monoisotopic (exact) mass is 282 g/mol. The molecule has 0 N–H and O–H groups in total. The smallest absolute Gasteiger partial charge is 0.258 e. The van der Waals surface area contributed by atoms with Crippen LogP contribution in [0.15, 0.2) is 30.5 Å². The molecule has 0 saturated carbocycles. The minimum absolute atomic E-state index is 0.0404. The number of hydrogen-bond donors (Lipinski definition) is 0. The predicted octanol–water partition coefficient (Wildman–Crippen LogP) is 4.27. The van der Waals surface area contributed by atoms with Crippen molar-refractivity contribution >= 4 is 28.9 Å². The first kappa shape index (κ1) is 12.8. The van der Waals surface area contributed by atoms with E-state index in [4.69, 9.17) is 23.2 Å². The number of hydrogen-bond acceptors (Lipinski definition) is 3. The van der Waals surface area contributed by atoms with E-state index in [1.165, 1.54) is 12.3 Å². The molecule has 0 aliphatic carbocycles. The molecular weight excluding hydrogens is 275 g/mol. The quantitative estimate of drug-likeness (QED) is 0.610. The van der Waals surface area contributed by atoms with Crippen LogP contribution in [-0.2, 0) is 0 Å². The summed E-state index contributed by atoms with van der Waals surface area (Å²) in [7, 11) is 0. The van der Waals surface area contributed by atoms with Gasteiger partial charge in [0.25, 0.3) is 5.69 Å². The van der Waals surface area contributed by atoms with Crippen LogP contribution in [0.2, 0.25) is 10.0 Å². The normalized spacial score (nSPS) is 10.4. The zero-order valence-corrected chi connectivity index (χ0v) is 10.9. The number of benzene rings is 1. The molecule has 0 aliphatic heterocycles. The maximum absolute atomic E-state index is 10.6. The van der Waals surface area contributed by atoms with Crippen LogP contribution in [0.25, 0.3) is 11.3 Å².